The predicted molar refractivity (Wildman–Crippen MR) is 98.5 cm³/mol. The van der Waals surface area contributed by atoms with Crippen LogP contribution in [0.25, 0.3) is 0 Å². The molecule has 0 saturated heterocycles. The van der Waals surface area contributed by atoms with E-state index in [0.717, 1.165) is 25.1 Å². The summed E-state index contributed by atoms with van der Waals surface area (Å²) in [6.45, 7) is 0. The van der Waals surface area contributed by atoms with Crippen LogP contribution >= 0.6 is 0 Å². The Bertz CT molecular complexity index is 780. The summed E-state index contributed by atoms with van der Waals surface area (Å²) in [6.07, 6.45) is 11.6. The van der Waals surface area contributed by atoms with Crippen LogP contribution < -0.4 is 10.6 Å². The van der Waals surface area contributed by atoms with Crippen LogP contribution in [0.2, 0.25) is 0 Å². The van der Waals surface area contributed by atoms with E-state index < -0.39 is 0 Å². The molecule has 0 aliphatic heterocycles. The van der Waals surface area contributed by atoms with Gasteiger partial charge in [0.05, 0.1) is 11.7 Å². The van der Waals surface area contributed by atoms with Gasteiger partial charge in [-0.1, -0.05) is 54.6 Å². The van der Waals surface area contributed by atoms with E-state index in [-0.39, 0.29) is 6.04 Å². The van der Waals surface area contributed by atoms with Crippen LogP contribution in [-0.2, 0) is 6.42 Å². The quantitative estimate of drug-likeness (QED) is 0.898. The highest BCUT2D eigenvalue weighted by molar-refractivity contribution is 5.55. The van der Waals surface area contributed by atoms with Gasteiger partial charge in [-0.25, -0.2) is 4.98 Å². The summed E-state index contributed by atoms with van der Waals surface area (Å²) in [5, 5.41) is 6.71. The lowest BCUT2D eigenvalue weighted by molar-refractivity contribution is 0.769. The van der Waals surface area contributed by atoms with Crippen molar-refractivity contribution in [3.63, 3.8) is 0 Å². The zero-order valence-electron chi connectivity index (χ0n) is 13.9. The normalized spacial score (nSPS) is 21.5. The van der Waals surface area contributed by atoms with E-state index in [1.165, 1.54) is 16.8 Å². The Morgan fingerprint density at radius 1 is 1.08 bits per heavy atom. The topological polar surface area (TPSA) is 49.8 Å². The predicted octanol–water partition coefficient (Wildman–Crippen LogP) is 3.89. The summed E-state index contributed by atoms with van der Waals surface area (Å²) in [4.78, 5) is 9.59. The number of fused-ring (bicyclic) bond motifs is 1. The molecular formula is C20H22N4. The smallest absolute Gasteiger partial charge is 0.225 e. The van der Waals surface area contributed by atoms with Gasteiger partial charge in [0.2, 0.25) is 5.95 Å². The average molecular weight is 318 g/mol. The van der Waals surface area contributed by atoms with E-state index in [2.05, 4.69) is 65.3 Å². The number of hydrogen-bond donors (Lipinski definition) is 2. The number of benzene rings is 1. The van der Waals surface area contributed by atoms with E-state index in [4.69, 9.17) is 9.97 Å². The minimum Gasteiger partial charge on any atom is -0.373 e. The Kier molecular flexibility index (Phi) is 4.03. The Labute approximate surface area is 142 Å². The third-order valence-electron chi connectivity index (χ3n) is 4.79. The number of nitrogens with one attached hydrogen (secondary N) is 2. The highest BCUT2D eigenvalue weighted by atomic mass is 15.2. The summed E-state index contributed by atoms with van der Waals surface area (Å²) in [6, 6.07) is 10.9. The van der Waals surface area contributed by atoms with Crippen molar-refractivity contribution in [2.75, 3.05) is 17.7 Å². The van der Waals surface area contributed by atoms with Crippen LogP contribution in [0.3, 0.4) is 0 Å². The minimum atomic E-state index is 0.259. The molecule has 2 aromatic rings. The number of aromatic nitrogens is 2. The highest BCUT2D eigenvalue weighted by Gasteiger charge is 2.29. The molecule has 2 N–H and O–H groups in total. The number of nitrogens with zero attached hydrogens (tertiary/aromatic N) is 2. The number of anilines is 2. The molecule has 1 aromatic carbocycles. The van der Waals surface area contributed by atoms with Gasteiger partial charge in [-0.2, -0.15) is 4.98 Å². The zero-order chi connectivity index (χ0) is 16.4. The van der Waals surface area contributed by atoms with Gasteiger partial charge in [0.15, 0.2) is 0 Å². The number of rotatable bonds is 4. The maximum Gasteiger partial charge on any atom is 0.225 e. The van der Waals surface area contributed by atoms with E-state index >= 15 is 0 Å². The summed E-state index contributed by atoms with van der Waals surface area (Å²) in [5.41, 5.74) is 3.76. The summed E-state index contributed by atoms with van der Waals surface area (Å²) in [7, 11) is 1.94. The van der Waals surface area contributed by atoms with E-state index in [9.17, 15) is 0 Å². The van der Waals surface area contributed by atoms with Crippen LogP contribution in [-0.4, -0.2) is 23.1 Å². The first-order chi connectivity index (χ1) is 11.8. The zero-order valence-corrected chi connectivity index (χ0v) is 13.9. The molecule has 0 bridgehead atoms. The highest BCUT2D eigenvalue weighted by Crippen LogP contribution is 2.40. The molecule has 1 heterocycles. The maximum absolute atomic E-state index is 4.89. The number of hydrogen-bond acceptors (Lipinski definition) is 4. The minimum absolute atomic E-state index is 0.259. The van der Waals surface area contributed by atoms with Crippen molar-refractivity contribution in [2.24, 2.45) is 0 Å². The largest absolute Gasteiger partial charge is 0.373 e. The Morgan fingerprint density at radius 3 is 2.71 bits per heavy atom. The lowest BCUT2D eigenvalue weighted by Crippen LogP contribution is -2.20. The molecule has 1 aromatic heterocycles. The van der Waals surface area contributed by atoms with Crippen molar-refractivity contribution in [3.8, 4) is 0 Å². The van der Waals surface area contributed by atoms with Crippen molar-refractivity contribution in [1.82, 2.24) is 9.97 Å². The Morgan fingerprint density at radius 2 is 1.96 bits per heavy atom. The first-order valence-corrected chi connectivity index (χ1v) is 8.58. The average Bonchev–Trinajstić information content (AvgIpc) is 3.06. The SMILES string of the molecule is CNc1nc(NC2C=CC=CC2)nc2c1CCC2c1ccccc1. The number of allylic oxidation sites excluding steroid dienone is 2. The first kappa shape index (κ1) is 14.9. The molecular weight excluding hydrogens is 296 g/mol. The molecule has 122 valence electrons. The molecule has 24 heavy (non-hydrogen) atoms. The van der Waals surface area contributed by atoms with Crippen LogP contribution in [0.4, 0.5) is 11.8 Å². The van der Waals surface area contributed by atoms with E-state index in [1.807, 2.05) is 7.05 Å². The summed E-state index contributed by atoms with van der Waals surface area (Å²) >= 11 is 0. The Balaban J connectivity index is 1.68. The lowest BCUT2D eigenvalue weighted by atomic mass is 9.97. The molecule has 0 fully saturated rings. The van der Waals surface area contributed by atoms with E-state index in [0.29, 0.717) is 11.9 Å². The van der Waals surface area contributed by atoms with Crippen LogP contribution in [0.5, 0.6) is 0 Å². The molecule has 2 aliphatic rings. The molecule has 4 nitrogen and oxygen atoms in total. The summed E-state index contributed by atoms with van der Waals surface area (Å²) in [5.74, 6) is 2.03. The van der Waals surface area contributed by atoms with Crippen molar-refractivity contribution in [2.45, 2.75) is 31.2 Å². The standard InChI is InChI=1S/C20H22N4/c1-21-19-17-13-12-16(14-8-4-2-5-9-14)18(17)23-20(24-19)22-15-10-6-3-7-11-15/h2-10,15-16H,11-13H2,1H3,(H2,21,22,23,24). The van der Waals surface area contributed by atoms with E-state index in [1.54, 1.807) is 0 Å². The van der Waals surface area contributed by atoms with Gasteiger partial charge in [-0.3, -0.25) is 0 Å². The first-order valence-electron chi connectivity index (χ1n) is 8.58. The molecule has 2 unspecified atom stereocenters. The Hall–Kier alpha value is -2.62. The second-order valence-electron chi connectivity index (χ2n) is 6.31. The van der Waals surface area contributed by atoms with Crippen LogP contribution in [0.15, 0.2) is 54.6 Å². The monoisotopic (exact) mass is 318 g/mol. The lowest BCUT2D eigenvalue weighted by Gasteiger charge is -2.18. The van der Waals surface area contributed by atoms with Gasteiger partial charge in [0.1, 0.15) is 5.82 Å². The summed E-state index contributed by atoms with van der Waals surface area (Å²) < 4.78 is 0. The molecule has 2 aliphatic carbocycles. The van der Waals surface area contributed by atoms with Gasteiger partial charge in [0.25, 0.3) is 0 Å². The molecule has 2 atom stereocenters. The van der Waals surface area contributed by atoms with Gasteiger partial charge in [-0.05, 0) is 24.8 Å². The van der Waals surface area contributed by atoms with Crippen LogP contribution in [0, 0.1) is 0 Å². The molecule has 0 radical (unpaired) electrons. The fraction of sp³-hybridized carbons (Fsp3) is 0.300. The second-order valence-corrected chi connectivity index (χ2v) is 6.31. The van der Waals surface area contributed by atoms with Gasteiger partial charge in [0, 0.05) is 18.5 Å². The van der Waals surface area contributed by atoms with Crippen molar-refractivity contribution in [3.05, 3.63) is 71.5 Å². The molecule has 0 spiro atoms. The van der Waals surface area contributed by atoms with Crippen molar-refractivity contribution >= 4 is 11.8 Å². The third-order valence-corrected chi connectivity index (χ3v) is 4.79. The fourth-order valence-electron chi connectivity index (χ4n) is 3.60. The molecule has 0 amide bonds. The van der Waals surface area contributed by atoms with Crippen molar-refractivity contribution < 1.29 is 0 Å². The maximum atomic E-state index is 4.89. The van der Waals surface area contributed by atoms with Crippen LogP contribution in [0.1, 0.15) is 35.6 Å². The fourth-order valence-corrected chi connectivity index (χ4v) is 3.60. The molecule has 0 saturated carbocycles. The van der Waals surface area contributed by atoms with Crippen molar-refractivity contribution in [1.29, 1.82) is 0 Å². The van der Waals surface area contributed by atoms with Gasteiger partial charge >= 0.3 is 0 Å². The van der Waals surface area contributed by atoms with Gasteiger partial charge in [-0.15, -0.1) is 0 Å². The second kappa shape index (κ2) is 6.48. The molecule has 4 rings (SSSR count). The third kappa shape index (κ3) is 2.80. The molecule has 4 heteroatoms. The van der Waals surface area contributed by atoms with Gasteiger partial charge < -0.3 is 10.6 Å².